The number of nitrogens with one attached hydrogen (secondary N) is 1. The van der Waals surface area contributed by atoms with Crippen LogP contribution in [-0.4, -0.2) is 18.3 Å². The van der Waals surface area contributed by atoms with Crippen molar-refractivity contribution in [2.45, 2.75) is 33.3 Å². The van der Waals surface area contributed by atoms with E-state index < -0.39 is 17.5 Å². The Morgan fingerprint density at radius 3 is 2.50 bits per heavy atom. The van der Waals surface area contributed by atoms with Gasteiger partial charge < -0.3 is 19.9 Å². The van der Waals surface area contributed by atoms with Gasteiger partial charge in [-0.1, -0.05) is 0 Å². The van der Waals surface area contributed by atoms with E-state index >= 15 is 0 Å². The lowest BCUT2D eigenvalue weighted by Crippen LogP contribution is -2.27. The van der Waals surface area contributed by atoms with E-state index in [-0.39, 0.29) is 11.4 Å². The van der Waals surface area contributed by atoms with E-state index in [1.165, 1.54) is 18.2 Å². The molecule has 0 unspecified atom stereocenters. The molecule has 1 amide bonds. The van der Waals surface area contributed by atoms with Crippen LogP contribution in [0.25, 0.3) is 0 Å². The summed E-state index contributed by atoms with van der Waals surface area (Å²) in [5.74, 6) is 0.474. The van der Waals surface area contributed by atoms with Gasteiger partial charge in [0.1, 0.15) is 11.4 Å². The van der Waals surface area contributed by atoms with Crippen molar-refractivity contribution in [3.8, 4) is 17.2 Å². The van der Waals surface area contributed by atoms with E-state index in [2.05, 4.69) is 5.32 Å². The van der Waals surface area contributed by atoms with Gasteiger partial charge in [0.2, 0.25) is 0 Å². The predicted octanol–water partition coefficient (Wildman–Crippen LogP) is 4.95. The molecule has 0 aromatic heterocycles. The molecule has 2 rings (SSSR count). The van der Waals surface area contributed by atoms with Gasteiger partial charge in [0.25, 0.3) is 0 Å². The molecule has 0 saturated heterocycles. The van der Waals surface area contributed by atoms with Crippen LogP contribution in [0.15, 0.2) is 36.4 Å². The van der Waals surface area contributed by atoms with E-state index in [0.717, 1.165) is 0 Å². The third kappa shape index (κ3) is 5.54. The minimum absolute atomic E-state index is 0.00561. The fraction of sp³-hybridized carbons (Fsp3) is 0.316. The predicted molar refractivity (Wildman–Crippen MR) is 98.4 cm³/mol. The fourth-order valence-electron chi connectivity index (χ4n) is 2.08. The molecule has 0 aliphatic carbocycles. The van der Waals surface area contributed by atoms with Crippen LogP contribution in [-0.2, 0) is 4.74 Å². The molecular weight excluding hydrogens is 339 g/mol. The smallest absolute Gasteiger partial charge is 0.412 e. The third-order valence-electron chi connectivity index (χ3n) is 3.07. The average molecular weight is 362 g/mol. The molecule has 0 spiro atoms. The molecule has 0 bridgehead atoms. The number of halogens is 1. The van der Waals surface area contributed by atoms with Gasteiger partial charge in [-0.05, 0) is 52.0 Å². The monoisotopic (exact) mass is 362 g/mol. The van der Waals surface area contributed by atoms with Gasteiger partial charge in [0.05, 0.1) is 12.3 Å². The van der Waals surface area contributed by atoms with Crippen LogP contribution in [0, 0.1) is 5.82 Å². The number of benzene rings is 2. The van der Waals surface area contributed by atoms with Gasteiger partial charge in [-0.15, -0.1) is 0 Å². The molecule has 26 heavy (non-hydrogen) atoms. The number of carbonyl (C=O) groups is 1. The fourth-order valence-corrected chi connectivity index (χ4v) is 2.08. The number of hydrogen-bond acceptors (Lipinski definition) is 5. The first kappa shape index (κ1) is 19.4. The molecule has 7 heteroatoms. The summed E-state index contributed by atoms with van der Waals surface area (Å²) in [6, 6.07) is 9.03. The summed E-state index contributed by atoms with van der Waals surface area (Å²) in [6.07, 6.45) is -0.734. The van der Waals surface area contributed by atoms with Crippen molar-refractivity contribution < 1.29 is 23.4 Å². The summed E-state index contributed by atoms with van der Waals surface area (Å²) in [4.78, 5) is 11.7. The van der Waals surface area contributed by atoms with Gasteiger partial charge in [-0.3, -0.25) is 5.32 Å². The summed E-state index contributed by atoms with van der Waals surface area (Å²) in [5.41, 5.74) is 5.59. The van der Waals surface area contributed by atoms with Gasteiger partial charge in [0.15, 0.2) is 17.3 Å². The number of carbonyl (C=O) groups excluding carboxylic acids is 1. The lowest BCUT2D eigenvalue weighted by atomic mass is 10.2. The van der Waals surface area contributed by atoms with Crippen molar-refractivity contribution in [3.05, 3.63) is 42.2 Å². The maximum Gasteiger partial charge on any atom is 0.412 e. The summed E-state index contributed by atoms with van der Waals surface area (Å²) in [7, 11) is 0. The normalized spacial score (nSPS) is 11.0. The van der Waals surface area contributed by atoms with Gasteiger partial charge in [0, 0.05) is 17.8 Å². The van der Waals surface area contributed by atoms with E-state index in [1.54, 1.807) is 39.0 Å². The zero-order chi connectivity index (χ0) is 19.3. The lowest BCUT2D eigenvalue weighted by molar-refractivity contribution is 0.0635. The minimum Gasteiger partial charge on any atom is -0.490 e. The van der Waals surface area contributed by atoms with Crippen LogP contribution in [0.5, 0.6) is 17.2 Å². The maximum absolute atomic E-state index is 14.3. The molecule has 2 aromatic carbocycles. The first-order chi connectivity index (χ1) is 12.2. The number of nitrogens with two attached hydrogens (primary N) is 1. The lowest BCUT2D eigenvalue weighted by Gasteiger charge is -2.20. The largest absolute Gasteiger partial charge is 0.490 e. The molecular formula is C19H23FN2O4. The van der Waals surface area contributed by atoms with E-state index in [4.69, 9.17) is 19.9 Å². The molecule has 6 nitrogen and oxygen atoms in total. The highest BCUT2D eigenvalue weighted by Crippen LogP contribution is 2.34. The Morgan fingerprint density at radius 2 is 1.88 bits per heavy atom. The molecule has 0 aliphatic heterocycles. The van der Waals surface area contributed by atoms with Gasteiger partial charge in [-0.25, -0.2) is 9.18 Å². The second-order valence-electron chi connectivity index (χ2n) is 6.51. The standard InChI is InChI=1S/C19H23FN2O4/c1-5-24-17-10-12(21)6-9-16(17)25-13-7-8-15(14(20)11-13)22-18(23)26-19(2,3)4/h6-11H,5,21H2,1-4H3,(H,22,23). The number of amides is 1. The van der Waals surface area contributed by atoms with Crippen LogP contribution in [0.3, 0.4) is 0 Å². The Balaban J connectivity index is 2.14. The summed E-state index contributed by atoms with van der Waals surface area (Å²) < 4.78 is 30.5. The van der Waals surface area contributed by atoms with Gasteiger partial charge in [-0.2, -0.15) is 0 Å². The van der Waals surface area contributed by atoms with Crippen LogP contribution in [0.4, 0.5) is 20.6 Å². The highest BCUT2D eigenvalue weighted by Gasteiger charge is 2.18. The summed E-state index contributed by atoms with van der Waals surface area (Å²) in [6.45, 7) is 7.45. The molecule has 0 fully saturated rings. The Hall–Kier alpha value is -2.96. The molecule has 3 N–H and O–H groups in total. The van der Waals surface area contributed by atoms with Crippen molar-refractivity contribution in [1.29, 1.82) is 0 Å². The minimum atomic E-state index is -0.734. The highest BCUT2D eigenvalue weighted by atomic mass is 19.1. The van der Waals surface area contributed by atoms with Crippen molar-refractivity contribution in [1.82, 2.24) is 0 Å². The first-order valence-electron chi connectivity index (χ1n) is 8.17. The SMILES string of the molecule is CCOc1cc(N)ccc1Oc1ccc(NC(=O)OC(C)(C)C)c(F)c1. The van der Waals surface area contributed by atoms with Crippen molar-refractivity contribution in [3.63, 3.8) is 0 Å². The van der Waals surface area contributed by atoms with Crippen LogP contribution in [0.1, 0.15) is 27.7 Å². The topological polar surface area (TPSA) is 82.8 Å². The highest BCUT2D eigenvalue weighted by molar-refractivity contribution is 5.85. The third-order valence-corrected chi connectivity index (χ3v) is 3.07. The quantitative estimate of drug-likeness (QED) is 0.736. The molecule has 0 aliphatic rings. The molecule has 0 radical (unpaired) electrons. The van der Waals surface area contributed by atoms with Crippen molar-refractivity contribution in [2.24, 2.45) is 0 Å². The number of rotatable bonds is 5. The Bertz CT molecular complexity index is 788. The zero-order valence-corrected chi connectivity index (χ0v) is 15.3. The number of ether oxygens (including phenoxy) is 3. The van der Waals surface area contributed by atoms with Gasteiger partial charge >= 0.3 is 6.09 Å². The summed E-state index contributed by atoms with van der Waals surface area (Å²) in [5, 5.41) is 2.36. The zero-order valence-electron chi connectivity index (χ0n) is 15.3. The van der Waals surface area contributed by atoms with Crippen LogP contribution in [0.2, 0.25) is 0 Å². The van der Waals surface area contributed by atoms with E-state index in [1.807, 2.05) is 6.92 Å². The second kappa shape index (κ2) is 7.95. The molecule has 2 aromatic rings. The van der Waals surface area contributed by atoms with Crippen LogP contribution >= 0.6 is 0 Å². The maximum atomic E-state index is 14.3. The summed E-state index contributed by atoms with van der Waals surface area (Å²) >= 11 is 0. The molecule has 0 atom stereocenters. The Kier molecular flexibility index (Phi) is 5.92. The number of anilines is 2. The molecule has 0 saturated carbocycles. The number of nitrogen functional groups attached to an aromatic ring is 1. The number of hydrogen-bond donors (Lipinski definition) is 2. The average Bonchev–Trinajstić information content (AvgIpc) is 2.51. The first-order valence-corrected chi connectivity index (χ1v) is 8.17. The molecule has 140 valence electrons. The Labute approximate surface area is 152 Å². The Morgan fingerprint density at radius 1 is 1.15 bits per heavy atom. The second-order valence-corrected chi connectivity index (χ2v) is 6.51. The van der Waals surface area contributed by atoms with Crippen molar-refractivity contribution in [2.75, 3.05) is 17.7 Å². The van der Waals surface area contributed by atoms with E-state index in [9.17, 15) is 9.18 Å². The molecule has 0 heterocycles. The van der Waals surface area contributed by atoms with Crippen LogP contribution < -0.4 is 20.5 Å². The van der Waals surface area contributed by atoms with Crippen molar-refractivity contribution >= 4 is 17.5 Å². The van der Waals surface area contributed by atoms with E-state index in [0.29, 0.717) is 23.8 Å².